The SMILES string of the molecule is Cc1oc(S(=O)(=O)N(C)C)cc1C(=O)NCCCC(=O)O. The summed E-state index contributed by atoms with van der Waals surface area (Å²) in [5.41, 5.74) is 0.116. The summed E-state index contributed by atoms with van der Waals surface area (Å²) in [6.45, 7) is 1.67. The Hall–Kier alpha value is -1.87. The molecule has 0 aliphatic carbocycles. The minimum absolute atomic E-state index is 0.0507. The largest absolute Gasteiger partial charge is 0.481 e. The Balaban J connectivity index is 2.79. The second kappa shape index (κ2) is 6.72. The number of furan rings is 1. The van der Waals surface area contributed by atoms with Crippen molar-refractivity contribution >= 4 is 21.9 Å². The number of sulfonamides is 1. The molecule has 0 fully saturated rings. The second-order valence-corrected chi connectivity index (χ2v) is 6.66. The number of aliphatic carboxylic acids is 1. The smallest absolute Gasteiger partial charge is 0.303 e. The first-order valence-corrected chi connectivity index (χ1v) is 7.63. The molecular weight excluding hydrogens is 300 g/mol. The van der Waals surface area contributed by atoms with Gasteiger partial charge in [0.25, 0.3) is 15.9 Å². The van der Waals surface area contributed by atoms with Crippen LogP contribution >= 0.6 is 0 Å². The van der Waals surface area contributed by atoms with Crippen LogP contribution in [0, 0.1) is 6.92 Å². The van der Waals surface area contributed by atoms with E-state index in [2.05, 4.69) is 5.32 Å². The molecule has 0 bridgehead atoms. The van der Waals surface area contributed by atoms with Crippen molar-refractivity contribution in [2.45, 2.75) is 24.9 Å². The summed E-state index contributed by atoms with van der Waals surface area (Å²) in [6.07, 6.45) is 0.242. The van der Waals surface area contributed by atoms with Gasteiger partial charge in [0, 0.05) is 33.1 Å². The van der Waals surface area contributed by atoms with Gasteiger partial charge < -0.3 is 14.8 Å². The van der Waals surface area contributed by atoms with E-state index in [1.54, 1.807) is 0 Å². The number of nitrogens with one attached hydrogen (secondary N) is 1. The first-order chi connectivity index (χ1) is 9.66. The van der Waals surface area contributed by atoms with E-state index in [-0.39, 0.29) is 29.4 Å². The number of nitrogens with zero attached hydrogens (tertiary/aromatic N) is 1. The lowest BCUT2D eigenvalue weighted by Gasteiger charge is -2.07. The van der Waals surface area contributed by atoms with Crippen LogP contribution in [-0.2, 0) is 14.8 Å². The lowest BCUT2D eigenvalue weighted by molar-refractivity contribution is -0.137. The van der Waals surface area contributed by atoms with Gasteiger partial charge in [-0.05, 0) is 13.3 Å². The topological polar surface area (TPSA) is 117 Å². The first-order valence-electron chi connectivity index (χ1n) is 6.19. The zero-order valence-electron chi connectivity index (χ0n) is 12.0. The molecule has 1 heterocycles. The Labute approximate surface area is 122 Å². The van der Waals surface area contributed by atoms with E-state index in [1.165, 1.54) is 21.0 Å². The highest BCUT2D eigenvalue weighted by atomic mass is 32.2. The molecule has 118 valence electrons. The summed E-state index contributed by atoms with van der Waals surface area (Å²) in [7, 11) is -1.02. The number of aryl methyl sites for hydroxylation is 1. The van der Waals surface area contributed by atoms with Gasteiger partial charge >= 0.3 is 5.97 Å². The Kier molecular flexibility index (Phi) is 5.50. The van der Waals surface area contributed by atoms with Gasteiger partial charge in [-0.25, -0.2) is 12.7 Å². The Morgan fingerprint density at radius 1 is 1.38 bits per heavy atom. The third-order valence-electron chi connectivity index (χ3n) is 2.73. The number of hydrogen-bond donors (Lipinski definition) is 2. The number of carboxylic acid groups (broad SMARTS) is 1. The van der Waals surface area contributed by atoms with Crippen molar-refractivity contribution in [2.75, 3.05) is 20.6 Å². The van der Waals surface area contributed by atoms with Gasteiger partial charge in [-0.15, -0.1) is 0 Å². The Morgan fingerprint density at radius 2 is 2.00 bits per heavy atom. The molecule has 0 atom stereocenters. The molecule has 9 heteroatoms. The predicted octanol–water partition coefficient (Wildman–Crippen LogP) is 0.433. The van der Waals surface area contributed by atoms with Crippen LogP contribution in [0.25, 0.3) is 0 Å². The van der Waals surface area contributed by atoms with E-state index >= 15 is 0 Å². The molecule has 21 heavy (non-hydrogen) atoms. The lowest BCUT2D eigenvalue weighted by Crippen LogP contribution is -2.25. The monoisotopic (exact) mass is 318 g/mol. The quantitative estimate of drug-likeness (QED) is 0.704. The van der Waals surface area contributed by atoms with Crippen molar-refractivity contribution in [1.29, 1.82) is 0 Å². The fourth-order valence-electron chi connectivity index (χ4n) is 1.52. The highest BCUT2D eigenvalue weighted by Gasteiger charge is 2.25. The van der Waals surface area contributed by atoms with E-state index < -0.39 is 21.9 Å². The maximum absolute atomic E-state index is 11.9. The maximum Gasteiger partial charge on any atom is 0.303 e. The standard InChI is InChI=1S/C12H18N2O6S/c1-8-9(12(17)13-6-4-5-10(15)16)7-11(20-8)21(18,19)14(2)3/h7H,4-6H2,1-3H3,(H,13,17)(H,15,16). The molecule has 0 saturated heterocycles. The molecule has 1 aromatic heterocycles. The summed E-state index contributed by atoms with van der Waals surface area (Å²) in [4.78, 5) is 22.2. The molecule has 0 aromatic carbocycles. The van der Waals surface area contributed by atoms with Crippen LogP contribution in [0.5, 0.6) is 0 Å². The fraction of sp³-hybridized carbons (Fsp3) is 0.500. The highest BCUT2D eigenvalue weighted by Crippen LogP contribution is 2.21. The predicted molar refractivity (Wildman–Crippen MR) is 73.5 cm³/mol. The van der Waals surface area contributed by atoms with Crippen molar-refractivity contribution in [3.05, 3.63) is 17.4 Å². The summed E-state index contributed by atoms with van der Waals surface area (Å²) >= 11 is 0. The van der Waals surface area contributed by atoms with Crippen LogP contribution in [-0.4, -0.2) is 50.3 Å². The molecule has 2 N–H and O–H groups in total. The van der Waals surface area contributed by atoms with Crippen LogP contribution in [0.1, 0.15) is 29.0 Å². The highest BCUT2D eigenvalue weighted by molar-refractivity contribution is 7.88. The van der Waals surface area contributed by atoms with E-state index in [0.29, 0.717) is 6.42 Å². The van der Waals surface area contributed by atoms with Crippen LogP contribution in [0.2, 0.25) is 0 Å². The number of carbonyl (C=O) groups is 2. The van der Waals surface area contributed by atoms with Gasteiger partial charge in [0.15, 0.2) is 0 Å². The van der Waals surface area contributed by atoms with Gasteiger partial charge in [0.1, 0.15) is 5.76 Å². The van der Waals surface area contributed by atoms with Gasteiger partial charge in [0.2, 0.25) is 5.09 Å². The van der Waals surface area contributed by atoms with Gasteiger partial charge in [0.05, 0.1) is 5.56 Å². The zero-order valence-corrected chi connectivity index (χ0v) is 12.9. The molecule has 0 aliphatic heterocycles. The molecular formula is C12H18N2O6S. The maximum atomic E-state index is 11.9. The Bertz CT molecular complexity index is 632. The lowest BCUT2D eigenvalue weighted by atomic mass is 10.2. The van der Waals surface area contributed by atoms with E-state index in [4.69, 9.17) is 9.52 Å². The van der Waals surface area contributed by atoms with Crippen LogP contribution in [0.15, 0.2) is 15.6 Å². The number of amides is 1. The normalized spacial score (nSPS) is 11.6. The third kappa shape index (κ3) is 4.30. The van der Waals surface area contributed by atoms with Gasteiger partial charge in [-0.2, -0.15) is 0 Å². The van der Waals surface area contributed by atoms with E-state index in [9.17, 15) is 18.0 Å². The first kappa shape index (κ1) is 17.2. The second-order valence-electron chi connectivity index (χ2n) is 4.58. The summed E-state index contributed by atoms with van der Waals surface area (Å²) < 4.78 is 29.9. The minimum Gasteiger partial charge on any atom is -0.481 e. The van der Waals surface area contributed by atoms with Crippen molar-refractivity contribution in [1.82, 2.24) is 9.62 Å². The molecule has 1 aromatic rings. The Morgan fingerprint density at radius 3 is 2.52 bits per heavy atom. The van der Waals surface area contributed by atoms with Gasteiger partial charge in [-0.3, -0.25) is 9.59 Å². The average Bonchev–Trinajstić information content (AvgIpc) is 2.76. The van der Waals surface area contributed by atoms with E-state index in [1.807, 2.05) is 0 Å². The van der Waals surface area contributed by atoms with Crippen molar-refractivity contribution in [3.8, 4) is 0 Å². The molecule has 0 unspecified atom stereocenters. The summed E-state index contributed by atoms with van der Waals surface area (Å²) in [5, 5.41) is 10.7. The summed E-state index contributed by atoms with van der Waals surface area (Å²) in [5.74, 6) is -1.25. The molecule has 0 radical (unpaired) electrons. The van der Waals surface area contributed by atoms with Crippen molar-refractivity contribution in [2.24, 2.45) is 0 Å². The molecule has 0 spiro atoms. The van der Waals surface area contributed by atoms with Crippen LogP contribution in [0.3, 0.4) is 0 Å². The number of rotatable bonds is 7. The summed E-state index contributed by atoms with van der Waals surface area (Å²) in [6, 6.07) is 1.16. The molecule has 1 amide bonds. The molecule has 1 rings (SSSR count). The van der Waals surface area contributed by atoms with E-state index in [0.717, 1.165) is 10.4 Å². The molecule has 0 aliphatic rings. The number of carboxylic acids is 1. The van der Waals surface area contributed by atoms with Crippen molar-refractivity contribution < 1.29 is 27.5 Å². The third-order valence-corrected chi connectivity index (χ3v) is 4.40. The van der Waals surface area contributed by atoms with Crippen molar-refractivity contribution in [3.63, 3.8) is 0 Å². The van der Waals surface area contributed by atoms with Gasteiger partial charge in [-0.1, -0.05) is 0 Å². The number of carbonyl (C=O) groups excluding carboxylic acids is 1. The minimum atomic E-state index is -3.74. The average molecular weight is 318 g/mol. The molecule has 8 nitrogen and oxygen atoms in total. The fourth-order valence-corrected chi connectivity index (χ4v) is 2.38. The zero-order chi connectivity index (χ0) is 16.2. The molecule has 0 saturated carbocycles. The van der Waals surface area contributed by atoms with Crippen LogP contribution < -0.4 is 5.32 Å². The van der Waals surface area contributed by atoms with Crippen LogP contribution in [0.4, 0.5) is 0 Å². The number of hydrogen-bond acceptors (Lipinski definition) is 5.